The van der Waals surface area contributed by atoms with Crippen molar-refractivity contribution >= 4 is 17.5 Å². The molecule has 0 unspecified atom stereocenters. The van der Waals surface area contributed by atoms with Crippen LogP contribution >= 0.6 is 11.8 Å². The smallest absolute Gasteiger partial charge is 0.191 e. The summed E-state index contributed by atoms with van der Waals surface area (Å²) in [6, 6.07) is 12.6. The van der Waals surface area contributed by atoms with E-state index in [-0.39, 0.29) is 11.8 Å². The Morgan fingerprint density at radius 2 is 1.93 bits per heavy atom. The molecule has 2 heterocycles. The first-order valence-electron chi connectivity index (χ1n) is 10.3. The van der Waals surface area contributed by atoms with Gasteiger partial charge < -0.3 is 9.13 Å². The van der Waals surface area contributed by atoms with E-state index in [1.807, 2.05) is 19.1 Å². The molecule has 6 heteroatoms. The molecule has 152 valence electrons. The standard InChI is InChI=1S/C23H28N4OS/c1-5-26-22(19-11-12-19)24-25-23(26)29-14-21(28)20-13-15(2)27(17(20)4)16(3)18-9-7-6-8-10-18/h6-10,13,16,19H,5,11-12,14H2,1-4H3/t16-/m1/s1. The largest absolute Gasteiger partial charge is 0.341 e. The lowest BCUT2D eigenvalue weighted by Crippen LogP contribution is -2.12. The highest BCUT2D eigenvalue weighted by Crippen LogP contribution is 2.40. The molecule has 1 saturated carbocycles. The number of aromatic nitrogens is 4. The molecular formula is C23H28N4OS. The topological polar surface area (TPSA) is 52.7 Å². The fourth-order valence-corrected chi connectivity index (χ4v) is 4.98. The fourth-order valence-electron chi connectivity index (χ4n) is 4.09. The monoisotopic (exact) mass is 408 g/mol. The number of thioether (sulfide) groups is 1. The number of benzene rings is 1. The van der Waals surface area contributed by atoms with Crippen molar-refractivity contribution in [3.05, 3.63) is 64.7 Å². The van der Waals surface area contributed by atoms with Gasteiger partial charge in [-0.3, -0.25) is 4.79 Å². The Morgan fingerprint density at radius 1 is 1.21 bits per heavy atom. The molecular weight excluding hydrogens is 380 g/mol. The zero-order valence-electron chi connectivity index (χ0n) is 17.6. The van der Waals surface area contributed by atoms with Gasteiger partial charge in [0.15, 0.2) is 10.9 Å². The summed E-state index contributed by atoms with van der Waals surface area (Å²) in [4.78, 5) is 13.0. The number of ketones is 1. The molecule has 0 saturated heterocycles. The lowest BCUT2D eigenvalue weighted by Gasteiger charge is -2.19. The predicted molar refractivity (Wildman–Crippen MR) is 117 cm³/mol. The molecule has 3 aromatic rings. The van der Waals surface area contributed by atoms with Crippen molar-refractivity contribution in [3.63, 3.8) is 0 Å². The van der Waals surface area contributed by atoms with Crippen LogP contribution in [0.5, 0.6) is 0 Å². The van der Waals surface area contributed by atoms with Gasteiger partial charge in [0, 0.05) is 29.4 Å². The Hall–Kier alpha value is -2.34. The van der Waals surface area contributed by atoms with E-state index in [2.05, 4.69) is 64.4 Å². The molecule has 29 heavy (non-hydrogen) atoms. The van der Waals surface area contributed by atoms with Crippen molar-refractivity contribution in [2.75, 3.05) is 5.75 Å². The van der Waals surface area contributed by atoms with Gasteiger partial charge in [-0.2, -0.15) is 0 Å². The van der Waals surface area contributed by atoms with Gasteiger partial charge in [0.25, 0.3) is 0 Å². The third-order valence-corrected chi connectivity index (χ3v) is 6.76. The zero-order valence-corrected chi connectivity index (χ0v) is 18.4. The molecule has 4 rings (SSSR count). The summed E-state index contributed by atoms with van der Waals surface area (Å²) >= 11 is 1.50. The summed E-state index contributed by atoms with van der Waals surface area (Å²) in [5.41, 5.74) is 4.19. The quantitative estimate of drug-likeness (QED) is 0.381. The lowest BCUT2D eigenvalue weighted by molar-refractivity contribution is 0.102. The van der Waals surface area contributed by atoms with Crippen LogP contribution in [0.15, 0.2) is 41.6 Å². The number of Topliss-reactive ketones (excluding diaryl/α,β-unsaturated/α-hetero) is 1. The van der Waals surface area contributed by atoms with Crippen molar-refractivity contribution < 1.29 is 4.79 Å². The van der Waals surface area contributed by atoms with Crippen LogP contribution in [-0.4, -0.2) is 30.9 Å². The van der Waals surface area contributed by atoms with Crippen LogP contribution in [0, 0.1) is 13.8 Å². The lowest BCUT2D eigenvalue weighted by atomic mass is 10.1. The molecule has 1 aliphatic rings. The first-order valence-corrected chi connectivity index (χ1v) is 11.3. The van der Waals surface area contributed by atoms with Crippen LogP contribution < -0.4 is 0 Å². The number of nitrogens with zero attached hydrogens (tertiary/aromatic N) is 4. The van der Waals surface area contributed by atoms with Gasteiger partial charge in [0.05, 0.1) is 11.8 Å². The Bertz CT molecular complexity index is 1020. The maximum atomic E-state index is 13.0. The first-order chi connectivity index (χ1) is 14.0. The molecule has 0 amide bonds. The highest BCUT2D eigenvalue weighted by atomic mass is 32.2. The number of hydrogen-bond donors (Lipinski definition) is 0. The molecule has 0 N–H and O–H groups in total. The predicted octanol–water partition coefficient (Wildman–Crippen LogP) is 5.18. The molecule has 1 aliphatic carbocycles. The van der Waals surface area contributed by atoms with Gasteiger partial charge in [-0.1, -0.05) is 42.1 Å². The van der Waals surface area contributed by atoms with Gasteiger partial charge >= 0.3 is 0 Å². The van der Waals surface area contributed by atoms with E-state index in [9.17, 15) is 4.79 Å². The molecule has 2 aromatic heterocycles. The van der Waals surface area contributed by atoms with E-state index in [0.717, 1.165) is 34.5 Å². The summed E-state index contributed by atoms with van der Waals surface area (Å²) in [6.45, 7) is 9.26. The Labute approximate surface area is 176 Å². The molecule has 0 bridgehead atoms. The van der Waals surface area contributed by atoms with E-state index in [1.165, 1.54) is 30.2 Å². The minimum atomic E-state index is 0.147. The van der Waals surface area contributed by atoms with E-state index in [0.29, 0.717) is 11.7 Å². The summed E-state index contributed by atoms with van der Waals surface area (Å²) < 4.78 is 4.42. The number of aryl methyl sites for hydroxylation is 1. The first kappa shape index (κ1) is 20.0. The van der Waals surface area contributed by atoms with Gasteiger partial charge in [0.1, 0.15) is 5.82 Å². The third kappa shape index (κ3) is 3.90. The van der Waals surface area contributed by atoms with Crippen molar-refractivity contribution in [2.24, 2.45) is 0 Å². The zero-order chi connectivity index (χ0) is 20.5. The minimum absolute atomic E-state index is 0.147. The second-order valence-corrected chi connectivity index (χ2v) is 8.76. The normalized spacial score (nSPS) is 14.9. The minimum Gasteiger partial charge on any atom is -0.341 e. The maximum absolute atomic E-state index is 13.0. The molecule has 0 spiro atoms. The molecule has 0 aliphatic heterocycles. The SMILES string of the molecule is CCn1c(SCC(=O)c2cc(C)n([C@H](C)c3ccccc3)c2C)nnc1C1CC1. The second kappa shape index (κ2) is 8.19. The summed E-state index contributed by atoms with van der Waals surface area (Å²) in [7, 11) is 0. The molecule has 1 fully saturated rings. The van der Waals surface area contributed by atoms with E-state index in [4.69, 9.17) is 0 Å². The highest BCUT2D eigenvalue weighted by Gasteiger charge is 2.30. The van der Waals surface area contributed by atoms with E-state index < -0.39 is 0 Å². The highest BCUT2D eigenvalue weighted by molar-refractivity contribution is 7.99. The Morgan fingerprint density at radius 3 is 2.59 bits per heavy atom. The number of carbonyl (C=O) groups excluding carboxylic acids is 1. The van der Waals surface area contributed by atoms with Gasteiger partial charge in [0.2, 0.25) is 0 Å². The number of rotatable bonds is 8. The van der Waals surface area contributed by atoms with Crippen LogP contribution in [0.3, 0.4) is 0 Å². The van der Waals surface area contributed by atoms with Crippen LogP contribution in [0.25, 0.3) is 0 Å². The van der Waals surface area contributed by atoms with Crippen LogP contribution in [0.4, 0.5) is 0 Å². The molecule has 0 radical (unpaired) electrons. The average molecular weight is 409 g/mol. The molecule has 1 aromatic carbocycles. The molecule has 5 nitrogen and oxygen atoms in total. The van der Waals surface area contributed by atoms with Crippen molar-refractivity contribution in [2.45, 2.75) is 64.2 Å². The summed E-state index contributed by atoms with van der Waals surface area (Å²) in [5.74, 6) is 2.17. The summed E-state index contributed by atoms with van der Waals surface area (Å²) in [6.07, 6.45) is 2.40. The van der Waals surface area contributed by atoms with E-state index in [1.54, 1.807) is 0 Å². The van der Waals surface area contributed by atoms with Gasteiger partial charge in [-0.25, -0.2) is 0 Å². The molecule has 1 atom stereocenters. The fraction of sp³-hybridized carbons (Fsp3) is 0.435. The van der Waals surface area contributed by atoms with Gasteiger partial charge in [-0.15, -0.1) is 10.2 Å². The number of carbonyl (C=O) groups is 1. The van der Waals surface area contributed by atoms with Gasteiger partial charge in [-0.05, 0) is 52.2 Å². The van der Waals surface area contributed by atoms with Crippen molar-refractivity contribution in [1.29, 1.82) is 0 Å². The van der Waals surface area contributed by atoms with E-state index >= 15 is 0 Å². The Kier molecular flexibility index (Phi) is 5.63. The van der Waals surface area contributed by atoms with Crippen LogP contribution in [-0.2, 0) is 6.54 Å². The van der Waals surface area contributed by atoms with Crippen LogP contribution in [0.2, 0.25) is 0 Å². The maximum Gasteiger partial charge on any atom is 0.191 e. The average Bonchev–Trinajstić information content (AvgIpc) is 3.42. The second-order valence-electron chi connectivity index (χ2n) is 7.81. The van der Waals surface area contributed by atoms with Crippen molar-refractivity contribution in [1.82, 2.24) is 19.3 Å². The van der Waals surface area contributed by atoms with Crippen molar-refractivity contribution in [3.8, 4) is 0 Å². The third-order valence-electron chi connectivity index (χ3n) is 5.79. The summed E-state index contributed by atoms with van der Waals surface area (Å²) in [5, 5.41) is 9.57. The van der Waals surface area contributed by atoms with Crippen LogP contribution in [0.1, 0.15) is 71.8 Å². The Balaban J connectivity index is 1.51. The number of hydrogen-bond acceptors (Lipinski definition) is 4.